The molecule has 0 aliphatic rings. The zero-order valence-electron chi connectivity index (χ0n) is 11.3. The van der Waals surface area contributed by atoms with Gasteiger partial charge in [0.1, 0.15) is 0 Å². The highest BCUT2D eigenvalue weighted by atomic mass is 35.5. The van der Waals surface area contributed by atoms with Crippen molar-refractivity contribution in [1.29, 1.82) is 0 Å². The van der Waals surface area contributed by atoms with Gasteiger partial charge in [-0.1, -0.05) is 12.1 Å². The molecule has 0 radical (unpaired) electrons. The van der Waals surface area contributed by atoms with E-state index in [9.17, 15) is 18.0 Å². The molecule has 0 saturated heterocycles. The Hall–Kier alpha value is -2.15. The summed E-state index contributed by atoms with van der Waals surface area (Å²) in [6.07, 6.45) is -4.42. The number of aromatic nitrogens is 2. The molecule has 116 valence electrons. The van der Waals surface area contributed by atoms with E-state index in [0.29, 0.717) is 5.56 Å². The number of benzene rings is 1. The van der Waals surface area contributed by atoms with E-state index in [-0.39, 0.29) is 23.3 Å². The van der Waals surface area contributed by atoms with Crippen LogP contribution in [0.2, 0.25) is 5.28 Å². The number of rotatable bonds is 3. The number of nitrogens with zero attached hydrogens (tertiary/aromatic N) is 2. The van der Waals surface area contributed by atoms with Gasteiger partial charge in [-0.3, -0.25) is 0 Å². The number of hydrogen-bond donors (Lipinski definition) is 0. The van der Waals surface area contributed by atoms with Crippen LogP contribution in [-0.4, -0.2) is 22.5 Å². The molecule has 0 spiro atoms. The maximum absolute atomic E-state index is 12.5. The van der Waals surface area contributed by atoms with E-state index >= 15 is 0 Å². The minimum Gasteiger partial charge on any atom is -0.461 e. The van der Waals surface area contributed by atoms with E-state index in [4.69, 9.17) is 16.3 Å². The van der Waals surface area contributed by atoms with Crippen molar-refractivity contribution in [3.8, 4) is 11.3 Å². The highest BCUT2D eigenvalue weighted by Gasteiger charge is 2.30. The van der Waals surface area contributed by atoms with Gasteiger partial charge in [-0.25, -0.2) is 14.8 Å². The fraction of sp³-hybridized carbons (Fsp3) is 0.214. The van der Waals surface area contributed by atoms with Crippen LogP contribution < -0.4 is 0 Å². The average molecular weight is 331 g/mol. The molecule has 22 heavy (non-hydrogen) atoms. The summed E-state index contributed by atoms with van der Waals surface area (Å²) < 4.78 is 42.4. The second kappa shape index (κ2) is 6.31. The first kappa shape index (κ1) is 16.2. The second-order valence-electron chi connectivity index (χ2n) is 4.20. The molecule has 1 aromatic carbocycles. The summed E-state index contributed by atoms with van der Waals surface area (Å²) in [6.45, 7) is 1.80. The molecular formula is C14H10ClF3N2O2. The van der Waals surface area contributed by atoms with Crippen LogP contribution in [-0.2, 0) is 10.9 Å². The highest BCUT2D eigenvalue weighted by Crippen LogP contribution is 2.30. The monoisotopic (exact) mass is 330 g/mol. The molecule has 1 heterocycles. The molecule has 0 bridgehead atoms. The zero-order chi connectivity index (χ0) is 16.3. The Morgan fingerprint density at radius 1 is 1.23 bits per heavy atom. The molecule has 2 rings (SSSR count). The van der Waals surface area contributed by atoms with E-state index in [1.54, 1.807) is 6.92 Å². The molecule has 4 nitrogen and oxygen atoms in total. The molecule has 1 aromatic heterocycles. The van der Waals surface area contributed by atoms with E-state index in [2.05, 4.69) is 9.97 Å². The third kappa shape index (κ3) is 3.73. The summed E-state index contributed by atoms with van der Waals surface area (Å²) in [5.41, 5.74) is -0.224. The van der Waals surface area contributed by atoms with E-state index < -0.39 is 17.7 Å². The summed E-state index contributed by atoms with van der Waals surface area (Å²) in [5, 5.41) is -0.194. The maximum Gasteiger partial charge on any atom is 0.416 e. The molecule has 0 aliphatic heterocycles. The van der Waals surface area contributed by atoms with Gasteiger partial charge in [0.25, 0.3) is 0 Å². The lowest BCUT2D eigenvalue weighted by atomic mass is 10.1. The van der Waals surface area contributed by atoms with Crippen molar-refractivity contribution < 1.29 is 22.7 Å². The summed E-state index contributed by atoms with van der Waals surface area (Å²) in [6, 6.07) is 5.66. The third-order valence-corrected chi connectivity index (χ3v) is 2.86. The number of halogens is 4. The lowest BCUT2D eigenvalue weighted by Gasteiger charge is -2.08. The van der Waals surface area contributed by atoms with Crippen LogP contribution in [0.25, 0.3) is 11.3 Å². The minimum absolute atomic E-state index is 0.0586. The Morgan fingerprint density at radius 3 is 2.41 bits per heavy atom. The minimum atomic E-state index is -4.42. The van der Waals surface area contributed by atoms with Crippen molar-refractivity contribution in [2.45, 2.75) is 13.1 Å². The zero-order valence-corrected chi connectivity index (χ0v) is 12.1. The molecule has 0 atom stereocenters. The van der Waals surface area contributed by atoms with Crippen LogP contribution in [0.5, 0.6) is 0 Å². The smallest absolute Gasteiger partial charge is 0.416 e. The van der Waals surface area contributed by atoms with Crippen molar-refractivity contribution in [2.24, 2.45) is 0 Å². The topological polar surface area (TPSA) is 52.1 Å². The fourth-order valence-electron chi connectivity index (χ4n) is 1.71. The molecule has 2 aromatic rings. The van der Waals surface area contributed by atoms with Crippen molar-refractivity contribution in [3.63, 3.8) is 0 Å². The number of esters is 1. The summed E-state index contributed by atoms with van der Waals surface area (Å²) in [4.78, 5) is 19.3. The normalized spacial score (nSPS) is 11.3. The SMILES string of the molecule is CCOC(=O)c1cc(-c2ccc(C(F)(F)F)cc2)nc(Cl)n1. The van der Waals surface area contributed by atoms with Crippen LogP contribution in [0.3, 0.4) is 0 Å². The Morgan fingerprint density at radius 2 is 1.86 bits per heavy atom. The average Bonchev–Trinajstić information content (AvgIpc) is 2.46. The fourth-order valence-corrected chi connectivity index (χ4v) is 1.89. The summed E-state index contributed by atoms with van der Waals surface area (Å²) in [7, 11) is 0. The standard InChI is InChI=1S/C14H10ClF3N2O2/c1-2-22-12(21)11-7-10(19-13(15)20-11)8-3-5-9(6-4-8)14(16,17)18/h3-7H,2H2,1H3. The van der Waals surface area contributed by atoms with Gasteiger partial charge < -0.3 is 4.74 Å². The van der Waals surface area contributed by atoms with Crippen molar-refractivity contribution >= 4 is 17.6 Å². The van der Waals surface area contributed by atoms with Crippen LogP contribution in [0.1, 0.15) is 23.0 Å². The molecule has 0 amide bonds. The maximum atomic E-state index is 12.5. The first-order valence-corrected chi connectivity index (χ1v) is 6.58. The van der Waals surface area contributed by atoms with Gasteiger partial charge in [0.2, 0.25) is 5.28 Å². The van der Waals surface area contributed by atoms with Gasteiger partial charge in [-0.05, 0) is 36.7 Å². The lowest BCUT2D eigenvalue weighted by molar-refractivity contribution is -0.137. The predicted octanol–water partition coefficient (Wildman–Crippen LogP) is 3.99. The molecule has 0 unspecified atom stereocenters. The van der Waals surface area contributed by atoms with Gasteiger partial charge in [-0.15, -0.1) is 0 Å². The van der Waals surface area contributed by atoms with Crippen LogP contribution in [0.4, 0.5) is 13.2 Å². The van der Waals surface area contributed by atoms with Gasteiger partial charge >= 0.3 is 12.1 Å². The largest absolute Gasteiger partial charge is 0.461 e. The van der Waals surface area contributed by atoms with Crippen LogP contribution in [0.15, 0.2) is 30.3 Å². The highest BCUT2D eigenvalue weighted by molar-refractivity contribution is 6.28. The molecule has 0 saturated carbocycles. The molecule has 0 N–H and O–H groups in total. The predicted molar refractivity (Wildman–Crippen MR) is 73.4 cm³/mol. The van der Waals surface area contributed by atoms with Crippen molar-refractivity contribution in [3.05, 3.63) is 46.9 Å². The third-order valence-electron chi connectivity index (χ3n) is 2.69. The van der Waals surface area contributed by atoms with E-state index in [1.165, 1.54) is 18.2 Å². The van der Waals surface area contributed by atoms with Gasteiger partial charge in [0, 0.05) is 5.56 Å². The lowest BCUT2D eigenvalue weighted by Crippen LogP contribution is -2.08. The molecule has 0 fully saturated rings. The number of carbonyl (C=O) groups is 1. The van der Waals surface area contributed by atoms with Crippen molar-refractivity contribution in [2.75, 3.05) is 6.61 Å². The summed E-state index contributed by atoms with van der Waals surface area (Å²) in [5.74, 6) is -0.681. The number of alkyl halides is 3. The summed E-state index contributed by atoms with van der Waals surface area (Å²) >= 11 is 5.74. The Kier molecular flexibility index (Phi) is 4.65. The van der Waals surface area contributed by atoms with Crippen LogP contribution >= 0.6 is 11.6 Å². The van der Waals surface area contributed by atoms with Gasteiger partial charge in [-0.2, -0.15) is 13.2 Å². The Bertz CT molecular complexity index is 687. The number of carbonyl (C=O) groups excluding carboxylic acids is 1. The van der Waals surface area contributed by atoms with Gasteiger partial charge in [0.15, 0.2) is 5.69 Å². The van der Waals surface area contributed by atoms with E-state index in [1.807, 2.05) is 0 Å². The van der Waals surface area contributed by atoms with Crippen molar-refractivity contribution in [1.82, 2.24) is 9.97 Å². The number of hydrogen-bond acceptors (Lipinski definition) is 4. The first-order valence-electron chi connectivity index (χ1n) is 6.20. The molecule has 0 aliphatic carbocycles. The van der Waals surface area contributed by atoms with Crippen LogP contribution in [0, 0.1) is 0 Å². The Labute approximate surface area is 128 Å². The first-order chi connectivity index (χ1) is 10.3. The Balaban J connectivity index is 2.38. The molecule has 8 heteroatoms. The molecular weight excluding hydrogens is 321 g/mol. The quantitative estimate of drug-likeness (QED) is 0.630. The number of ether oxygens (including phenoxy) is 1. The van der Waals surface area contributed by atoms with E-state index in [0.717, 1.165) is 12.1 Å². The van der Waals surface area contributed by atoms with Gasteiger partial charge in [0.05, 0.1) is 17.9 Å². The second-order valence-corrected chi connectivity index (χ2v) is 4.54.